The molecule has 1 saturated heterocycles. The van der Waals surface area contributed by atoms with Gasteiger partial charge in [0.15, 0.2) is 0 Å². The van der Waals surface area contributed by atoms with Crippen molar-refractivity contribution < 1.29 is 14.6 Å². The molecule has 1 aromatic carbocycles. The molecule has 0 radical (unpaired) electrons. The minimum Gasteiger partial charge on any atom is -0.494 e. The van der Waals surface area contributed by atoms with Crippen LogP contribution in [0.5, 0.6) is 5.75 Å². The highest BCUT2D eigenvalue weighted by atomic mass is 35.5. The molecule has 0 spiro atoms. The van der Waals surface area contributed by atoms with E-state index in [4.69, 9.17) is 16.3 Å². The first-order chi connectivity index (χ1) is 10.6. The topological polar surface area (TPSA) is 49.8 Å². The number of carbonyl (C=O) groups is 1. The normalized spacial score (nSPS) is 20.6. The Morgan fingerprint density at radius 1 is 1.50 bits per heavy atom. The minimum absolute atomic E-state index is 0.141. The lowest BCUT2D eigenvalue weighted by atomic mass is 9.93. The molecule has 0 amide bonds. The molecular weight excluding hydrogens is 302 g/mol. The second-order valence-electron chi connectivity index (χ2n) is 5.71. The summed E-state index contributed by atoms with van der Waals surface area (Å²) in [7, 11) is 0. The summed E-state index contributed by atoms with van der Waals surface area (Å²) in [4.78, 5) is 13.6. The molecular formula is C17H24ClNO3. The van der Waals surface area contributed by atoms with Crippen LogP contribution in [0.2, 0.25) is 5.02 Å². The van der Waals surface area contributed by atoms with Crippen LogP contribution >= 0.6 is 11.6 Å². The van der Waals surface area contributed by atoms with Gasteiger partial charge in [0.25, 0.3) is 0 Å². The van der Waals surface area contributed by atoms with E-state index in [2.05, 4.69) is 11.8 Å². The molecule has 0 bridgehead atoms. The predicted octanol–water partition coefficient (Wildman–Crippen LogP) is 3.99. The van der Waals surface area contributed by atoms with Crippen LogP contribution in [0, 0.1) is 5.92 Å². The van der Waals surface area contributed by atoms with Crippen molar-refractivity contribution in [2.45, 2.75) is 39.2 Å². The number of benzene rings is 1. The van der Waals surface area contributed by atoms with Crippen molar-refractivity contribution in [2.24, 2.45) is 5.92 Å². The van der Waals surface area contributed by atoms with Crippen LogP contribution in [-0.4, -0.2) is 35.7 Å². The number of halogens is 1. The largest absolute Gasteiger partial charge is 0.494 e. The van der Waals surface area contributed by atoms with Gasteiger partial charge in [-0.05, 0) is 50.9 Å². The summed E-state index contributed by atoms with van der Waals surface area (Å²) < 4.78 is 5.74. The zero-order valence-corrected chi connectivity index (χ0v) is 14.0. The molecule has 0 aromatic heterocycles. The molecule has 22 heavy (non-hydrogen) atoms. The van der Waals surface area contributed by atoms with Crippen molar-refractivity contribution in [3.63, 3.8) is 0 Å². The third-order valence-electron chi connectivity index (χ3n) is 4.26. The molecule has 0 aliphatic carbocycles. The van der Waals surface area contributed by atoms with Gasteiger partial charge < -0.3 is 9.84 Å². The highest BCUT2D eigenvalue weighted by Gasteiger charge is 2.30. The lowest BCUT2D eigenvalue weighted by Gasteiger charge is -2.37. The highest BCUT2D eigenvalue weighted by molar-refractivity contribution is 6.30. The second kappa shape index (κ2) is 7.84. The Bertz CT molecular complexity index is 521. The van der Waals surface area contributed by atoms with Gasteiger partial charge in [-0.15, -0.1) is 0 Å². The average Bonchev–Trinajstić information content (AvgIpc) is 2.51. The molecule has 2 unspecified atom stereocenters. The van der Waals surface area contributed by atoms with E-state index >= 15 is 0 Å². The third kappa shape index (κ3) is 3.93. The molecule has 1 aliphatic rings. The summed E-state index contributed by atoms with van der Waals surface area (Å²) in [5.74, 6) is -0.135. The molecule has 1 aromatic rings. The zero-order chi connectivity index (χ0) is 16.1. The first-order valence-corrected chi connectivity index (χ1v) is 8.33. The molecule has 2 atom stereocenters. The number of carboxylic acids is 1. The smallest absolute Gasteiger partial charge is 0.307 e. The lowest BCUT2D eigenvalue weighted by molar-refractivity contribution is -0.144. The Morgan fingerprint density at radius 2 is 2.27 bits per heavy atom. The van der Waals surface area contributed by atoms with E-state index in [1.54, 1.807) is 0 Å². The zero-order valence-electron chi connectivity index (χ0n) is 13.2. The number of carboxylic acid groups (broad SMARTS) is 1. The van der Waals surface area contributed by atoms with Crippen molar-refractivity contribution in [1.82, 2.24) is 4.90 Å². The Balaban J connectivity index is 2.27. The standard InChI is InChI=1S/C17H24ClNO3/c1-3-15(19-9-5-6-12(11-19)17(20)21)14-10-13(18)7-8-16(14)22-4-2/h7-8,10,12,15H,3-6,9,11H2,1-2H3,(H,20,21). The molecule has 0 saturated carbocycles. The number of aliphatic carboxylic acids is 1. The summed E-state index contributed by atoms with van der Waals surface area (Å²) in [6.45, 7) is 6.18. The summed E-state index contributed by atoms with van der Waals surface area (Å²) in [6.07, 6.45) is 2.57. The van der Waals surface area contributed by atoms with E-state index in [-0.39, 0.29) is 12.0 Å². The van der Waals surface area contributed by atoms with Crippen LogP contribution in [0.4, 0.5) is 0 Å². The van der Waals surface area contributed by atoms with E-state index < -0.39 is 5.97 Å². The second-order valence-corrected chi connectivity index (χ2v) is 6.15. The molecule has 1 aliphatic heterocycles. The highest BCUT2D eigenvalue weighted by Crippen LogP contribution is 2.36. The third-order valence-corrected chi connectivity index (χ3v) is 4.50. The van der Waals surface area contributed by atoms with Gasteiger partial charge in [0.2, 0.25) is 0 Å². The van der Waals surface area contributed by atoms with Gasteiger partial charge in [-0.2, -0.15) is 0 Å². The monoisotopic (exact) mass is 325 g/mol. The Labute approximate surface area is 137 Å². The van der Waals surface area contributed by atoms with Gasteiger partial charge in [-0.25, -0.2) is 0 Å². The summed E-state index contributed by atoms with van der Waals surface area (Å²) in [5.41, 5.74) is 1.06. The minimum atomic E-state index is -0.698. The fraction of sp³-hybridized carbons (Fsp3) is 0.588. The summed E-state index contributed by atoms with van der Waals surface area (Å²) in [6, 6.07) is 5.83. The van der Waals surface area contributed by atoms with Crippen LogP contribution < -0.4 is 4.74 Å². The fourth-order valence-electron chi connectivity index (χ4n) is 3.23. The summed E-state index contributed by atoms with van der Waals surface area (Å²) >= 11 is 6.17. The summed E-state index contributed by atoms with van der Waals surface area (Å²) in [5, 5.41) is 9.98. The van der Waals surface area contributed by atoms with Crippen molar-refractivity contribution >= 4 is 17.6 Å². The van der Waals surface area contributed by atoms with Gasteiger partial charge in [-0.3, -0.25) is 9.69 Å². The van der Waals surface area contributed by atoms with Gasteiger partial charge in [0.05, 0.1) is 12.5 Å². The molecule has 1 heterocycles. The number of likely N-dealkylation sites (tertiary alicyclic amines) is 1. The molecule has 5 heteroatoms. The molecule has 122 valence electrons. The maximum absolute atomic E-state index is 11.3. The first kappa shape index (κ1) is 17.1. The van der Waals surface area contributed by atoms with Crippen molar-refractivity contribution in [2.75, 3.05) is 19.7 Å². The fourth-order valence-corrected chi connectivity index (χ4v) is 3.41. The number of ether oxygens (including phenoxy) is 1. The van der Waals surface area contributed by atoms with Gasteiger partial charge in [0.1, 0.15) is 5.75 Å². The van der Waals surface area contributed by atoms with E-state index in [0.29, 0.717) is 18.2 Å². The lowest BCUT2D eigenvalue weighted by Crippen LogP contribution is -2.40. The number of hydrogen-bond donors (Lipinski definition) is 1. The van der Waals surface area contributed by atoms with E-state index in [1.165, 1.54) is 0 Å². The van der Waals surface area contributed by atoms with Gasteiger partial charge >= 0.3 is 5.97 Å². The van der Waals surface area contributed by atoms with Crippen molar-refractivity contribution in [3.8, 4) is 5.75 Å². The van der Waals surface area contributed by atoms with E-state index in [1.807, 2.05) is 25.1 Å². The molecule has 1 fully saturated rings. The number of piperidine rings is 1. The van der Waals surface area contributed by atoms with Crippen LogP contribution in [-0.2, 0) is 4.79 Å². The number of hydrogen-bond acceptors (Lipinski definition) is 3. The van der Waals surface area contributed by atoms with Crippen LogP contribution in [0.25, 0.3) is 0 Å². The van der Waals surface area contributed by atoms with Crippen LogP contribution in [0.1, 0.15) is 44.7 Å². The Hall–Kier alpha value is -1.26. The van der Waals surface area contributed by atoms with Crippen LogP contribution in [0.3, 0.4) is 0 Å². The first-order valence-electron chi connectivity index (χ1n) is 7.95. The van der Waals surface area contributed by atoms with Gasteiger partial charge in [-0.1, -0.05) is 18.5 Å². The molecule has 2 rings (SSSR count). The van der Waals surface area contributed by atoms with Crippen LogP contribution in [0.15, 0.2) is 18.2 Å². The quantitative estimate of drug-likeness (QED) is 0.859. The van der Waals surface area contributed by atoms with E-state index in [0.717, 1.165) is 37.1 Å². The predicted molar refractivity (Wildman–Crippen MR) is 87.6 cm³/mol. The average molecular weight is 326 g/mol. The maximum Gasteiger partial charge on any atom is 0.307 e. The molecule has 4 nitrogen and oxygen atoms in total. The van der Waals surface area contributed by atoms with Crippen molar-refractivity contribution in [3.05, 3.63) is 28.8 Å². The Kier molecular flexibility index (Phi) is 6.09. The van der Waals surface area contributed by atoms with E-state index in [9.17, 15) is 9.90 Å². The molecule has 1 N–H and O–H groups in total. The Morgan fingerprint density at radius 3 is 2.91 bits per heavy atom. The SMILES string of the molecule is CCOc1ccc(Cl)cc1C(CC)N1CCCC(C(=O)O)C1. The maximum atomic E-state index is 11.3. The number of rotatable bonds is 6. The number of nitrogens with zero attached hydrogens (tertiary/aromatic N) is 1. The van der Waals surface area contributed by atoms with Crippen molar-refractivity contribution in [1.29, 1.82) is 0 Å². The van der Waals surface area contributed by atoms with Gasteiger partial charge in [0, 0.05) is 23.2 Å².